The molecule has 0 unspecified atom stereocenters. The number of ether oxygens (including phenoxy) is 2. The fourth-order valence-corrected chi connectivity index (χ4v) is 2.81. The molecule has 8 heteroatoms. The minimum absolute atomic E-state index is 0.0155. The van der Waals surface area contributed by atoms with Crippen LogP contribution in [0, 0.1) is 0 Å². The van der Waals surface area contributed by atoms with Gasteiger partial charge in [0, 0.05) is 31.2 Å². The van der Waals surface area contributed by atoms with Gasteiger partial charge in [0.25, 0.3) is 5.91 Å². The first-order chi connectivity index (χ1) is 12.5. The molecule has 1 aliphatic heterocycles. The maximum absolute atomic E-state index is 12.0. The van der Waals surface area contributed by atoms with Crippen molar-refractivity contribution in [2.75, 3.05) is 18.1 Å². The highest BCUT2D eigenvalue weighted by Gasteiger charge is 2.27. The van der Waals surface area contributed by atoms with Gasteiger partial charge in [-0.2, -0.15) is 0 Å². The number of amides is 1. The van der Waals surface area contributed by atoms with Crippen molar-refractivity contribution in [2.45, 2.75) is 19.4 Å². The molecular weight excluding hydrogens is 360 g/mol. The number of rotatable bonds is 6. The van der Waals surface area contributed by atoms with Gasteiger partial charge in [0.05, 0.1) is 16.4 Å². The van der Waals surface area contributed by atoms with Crippen molar-refractivity contribution < 1.29 is 24.2 Å². The molecule has 0 bridgehead atoms. The van der Waals surface area contributed by atoms with Crippen molar-refractivity contribution in [3.63, 3.8) is 0 Å². The van der Waals surface area contributed by atoms with Crippen LogP contribution in [0.1, 0.15) is 25.1 Å². The third kappa shape index (κ3) is 3.88. The Kier molecular flexibility index (Phi) is 5.27. The molecule has 2 heterocycles. The van der Waals surface area contributed by atoms with Crippen LogP contribution in [0.3, 0.4) is 0 Å². The van der Waals surface area contributed by atoms with Crippen molar-refractivity contribution in [2.24, 2.45) is 0 Å². The molecule has 1 atom stereocenters. The van der Waals surface area contributed by atoms with Crippen LogP contribution in [0.4, 0.5) is 5.69 Å². The molecule has 0 N–H and O–H groups in total. The number of hydrogen-bond donors (Lipinski definition) is 0. The minimum atomic E-state index is -1.24. The van der Waals surface area contributed by atoms with Gasteiger partial charge in [0.2, 0.25) is 0 Å². The van der Waals surface area contributed by atoms with Crippen molar-refractivity contribution in [1.82, 2.24) is 4.98 Å². The Bertz CT molecular complexity index is 828. The SMILES string of the molecule is C[C@@H](Oc1cc2c(cc1Cl)N(CCC(=O)[O-])C(=O)CO2)c1ccccn1. The third-order valence-corrected chi connectivity index (χ3v) is 4.20. The number of pyridine rings is 1. The van der Waals surface area contributed by atoms with Crippen LogP contribution in [-0.4, -0.2) is 30.0 Å². The van der Waals surface area contributed by atoms with E-state index < -0.39 is 5.97 Å². The van der Waals surface area contributed by atoms with Crippen LogP contribution in [0.15, 0.2) is 36.5 Å². The summed E-state index contributed by atoms with van der Waals surface area (Å²) in [7, 11) is 0. The molecule has 0 saturated heterocycles. The fraction of sp³-hybridized carbons (Fsp3) is 0.278. The van der Waals surface area contributed by atoms with Gasteiger partial charge in [-0.05, 0) is 25.1 Å². The Labute approximate surface area is 155 Å². The van der Waals surface area contributed by atoms with Gasteiger partial charge in [-0.1, -0.05) is 17.7 Å². The second kappa shape index (κ2) is 7.61. The van der Waals surface area contributed by atoms with Gasteiger partial charge in [0.15, 0.2) is 6.61 Å². The molecule has 0 saturated carbocycles. The zero-order valence-corrected chi connectivity index (χ0v) is 14.7. The summed E-state index contributed by atoms with van der Waals surface area (Å²) >= 11 is 6.30. The summed E-state index contributed by atoms with van der Waals surface area (Å²) in [6.07, 6.45) is 1.05. The van der Waals surface area contributed by atoms with Gasteiger partial charge >= 0.3 is 0 Å². The molecule has 1 aromatic carbocycles. The minimum Gasteiger partial charge on any atom is -0.550 e. The number of aliphatic carboxylic acids is 1. The lowest BCUT2D eigenvalue weighted by Gasteiger charge is -2.30. The molecule has 0 spiro atoms. The predicted molar refractivity (Wildman–Crippen MR) is 92.2 cm³/mol. The summed E-state index contributed by atoms with van der Waals surface area (Å²) in [5.41, 5.74) is 1.15. The zero-order valence-electron chi connectivity index (χ0n) is 14.0. The summed E-state index contributed by atoms with van der Waals surface area (Å²) in [6.45, 7) is 1.64. The van der Waals surface area contributed by atoms with Crippen LogP contribution in [0.25, 0.3) is 0 Å². The highest BCUT2D eigenvalue weighted by atomic mass is 35.5. The van der Waals surface area contributed by atoms with E-state index in [1.807, 2.05) is 25.1 Å². The maximum atomic E-state index is 12.0. The summed E-state index contributed by atoms with van der Waals surface area (Å²) in [4.78, 5) is 28.3. The topological polar surface area (TPSA) is 91.8 Å². The van der Waals surface area contributed by atoms with Crippen LogP contribution < -0.4 is 19.5 Å². The number of carboxylic acid groups (broad SMARTS) is 1. The van der Waals surface area contributed by atoms with E-state index in [-0.39, 0.29) is 36.6 Å². The highest BCUT2D eigenvalue weighted by molar-refractivity contribution is 6.32. The van der Waals surface area contributed by atoms with Gasteiger partial charge in [-0.15, -0.1) is 0 Å². The largest absolute Gasteiger partial charge is 0.550 e. The molecule has 1 amide bonds. The number of halogens is 1. The lowest BCUT2D eigenvalue weighted by molar-refractivity contribution is -0.305. The number of nitrogens with zero attached hydrogens (tertiary/aromatic N) is 2. The van der Waals surface area contributed by atoms with Gasteiger partial charge in [-0.3, -0.25) is 9.78 Å². The first-order valence-corrected chi connectivity index (χ1v) is 8.37. The standard InChI is InChI=1S/C18H17ClN2O5/c1-11(13-4-2-3-6-20-13)26-15-9-16-14(8-12(15)19)21(7-5-18(23)24)17(22)10-25-16/h2-4,6,8-9,11H,5,7,10H2,1H3,(H,23,24)/p-1/t11-/m1/s1. The quantitative estimate of drug-likeness (QED) is 0.763. The lowest BCUT2D eigenvalue weighted by atomic mass is 10.2. The number of carbonyl (C=O) groups excluding carboxylic acids is 2. The van der Waals surface area contributed by atoms with Crippen molar-refractivity contribution in [3.05, 3.63) is 47.2 Å². The lowest BCUT2D eigenvalue weighted by Crippen LogP contribution is -2.41. The molecule has 0 fully saturated rings. The average molecular weight is 376 g/mol. The highest BCUT2D eigenvalue weighted by Crippen LogP contribution is 2.41. The smallest absolute Gasteiger partial charge is 0.265 e. The number of fused-ring (bicyclic) bond motifs is 1. The molecule has 136 valence electrons. The number of anilines is 1. The monoisotopic (exact) mass is 375 g/mol. The third-order valence-electron chi connectivity index (χ3n) is 3.90. The molecule has 26 heavy (non-hydrogen) atoms. The van der Waals surface area contributed by atoms with E-state index in [0.717, 1.165) is 5.69 Å². The van der Waals surface area contributed by atoms with Crippen LogP contribution >= 0.6 is 11.6 Å². The van der Waals surface area contributed by atoms with E-state index in [0.29, 0.717) is 17.2 Å². The molecule has 0 aliphatic carbocycles. The van der Waals surface area contributed by atoms with Crippen molar-refractivity contribution in [1.29, 1.82) is 0 Å². The molecular formula is C18H16ClN2O5-. The molecule has 1 aliphatic rings. The van der Waals surface area contributed by atoms with E-state index in [4.69, 9.17) is 21.1 Å². The van der Waals surface area contributed by atoms with E-state index >= 15 is 0 Å². The number of aromatic nitrogens is 1. The molecule has 0 radical (unpaired) electrons. The van der Waals surface area contributed by atoms with Gasteiger partial charge in [-0.25, -0.2) is 0 Å². The van der Waals surface area contributed by atoms with Crippen LogP contribution in [0.2, 0.25) is 5.02 Å². The van der Waals surface area contributed by atoms with E-state index in [1.165, 1.54) is 11.0 Å². The number of carboxylic acids is 1. The second-order valence-corrected chi connectivity index (χ2v) is 6.13. The normalized spacial score (nSPS) is 14.4. The Balaban J connectivity index is 1.85. The summed E-state index contributed by atoms with van der Waals surface area (Å²) in [6, 6.07) is 8.64. The molecule has 2 aromatic rings. The Morgan fingerprint density at radius 2 is 2.27 bits per heavy atom. The Morgan fingerprint density at radius 1 is 1.46 bits per heavy atom. The Morgan fingerprint density at radius 3 is 2.96 bits per heavy atom. The maximum Gasteiger partial charge on any atom is 0.265 e. The van der Waals surface area contributed by atoms with E-state index in [9.17, 15) is 14.7 Å². The second-order valence-electron chi connectivity index (χ2n) is 5.72. The number of hydrogen-bond acceptors (Lipinski definition) is 6. The number of benzene rings is 1. The van der Waals surface area contributed by atoms with Gasteiger partial charge < -0.3 is 24.3 Å². The van der Waals surface area contributed by atoms with Crippen molar-refractivity contribution in [3.8, 4) is 11.5 Å². The number of carbonyl (C=O) groups is 2. The molecule has 7 nitrogen and oxygen atoms in total. The van der Waals surface area contributed by atoms with Crippen LogP contribution in [0.5, 0.6) is 11.5 Å². The predicted octanol–water partition coefficient (Wildman–Crippen LogP) is 1.74. The van der Waals surface area contributed by atoms with E-state index in [2.05, 4.69) is 4.98 Å². The van der Waals surface area contributed by atoms with Gasteiger partial charge in [0.1, 0.15) is 17.6 Å². The average Bonchev–Trinajstić information content (AvgIpc) is 2.62. The summed E-state index contributed by atoms with van der Waals surface area (Å²) in [5.74, 6) is -0.792. The van der Waals surface area contributed by atoms with Crippen molar-refractivity contribution >= 4 is 29.2 Å². The first kappa shape index (κ1) is 18.0. The molecule has 3 rings (SSSR count). The zero-order chi connectivity index (χ0) is 18.7. The first-order valence-electron chi connectivity index (χ1n) is 8.00. The van der Waals surface area contributed by atoms with E-state index in [1.54, 1.807) is 12.3 Å². The fourth-order valence-electron chi connectivity index (χ4n) is 2.61. The molecule has 1 aromatic heterocycles. The Hall–Kier alpha value is -2.80. The van der Waals surface area contributed by atoms with Crippen LogP contribution in [-0.2, 0) is 9.59 Å². The summed E-state index contributed by atoms with van der Waals surface area (Å²) < 4.78 is 11.3. The summed E-state index contributed by atoms with van der Waals surface area (Å²) in [5, 5.41) is 11.0.